The number of hydrogen-bond acceptors (Lipinski definition) is 4. The SMILES string of the molecule is CC(Oc1c(Br)cc([N+](=O)[O-])cc1Br)C(=O)O. The average molecular weight is 369 g/mol. The second-order valence-corrected chi connectivity index (χ2v) is 4.80. The third-order valence-electron chi connectivity index (χ3n) is 1.84. The Balaban J connectivity index is 3.10. The van der Waals surface area contributed by atoms with E-state index in [0.717, 1.165) is 0 Å². The Morgan fingerprint density at radius 3 is 2.29 bits per heavy atom. The molecule has 0 aliphatic rings. The molecule has 1 rings (SSSR count). The van der Waals surface area contributed by atoms with Crippen molar-refractivity contribution in [1.82, 2.24) is 0 Å². The molecule has 1 aromatic carbocycles. The molecule has 0 spiro atoms. The summed E-state index contributed by atoms with van der Waals surface area (Å²) in [5.74, 6) is -0.910. The van der Waals surface area contributed by atoms with Gasteiger partial charge in [0.1, 0.15) is 5.75 Å². The first-order chi connectivity index (χ1) is 7.82. The molecule has 1 N–H and O–H groups in total. The van der Waals surface area contributed by atoms with E-state index in [0.29, 0.717) is 8.95 Å². The summed E-state index contributed by atoms with van der Waals surface area (Å²) in [5.41, 5.74) is -0.126. The van der Waals surface area contributed by atoms with Crippen molar-refractivity contribution < 1.29 is 19.6 Å². The zero-order chi connectivity index (χ0) is 13.2. The van der Waals surface area contributed by atoms with Crippen molar-refractivity contribution in [3.8, 4) is 5.75 Å². The van der Waals surface area contributed by atoms with Crippen molar-refractivity contribution in [3.63, 3.8) is 0 Å². The van der Waals surface area contributed by atoms with E-state index in [-0.39, 0.29) is 11.4 Å². The lowest BCUT2D eigenvalue weighted by molar-refractivity contribution is -0.385. The summed E-state index contributed by atoms with van der Waals surface area (Å²) in [7, 11) is 0. The standard InChI is InChI=1S/C9H7Br2NO5/c1-4(9(13)14)17-8-6(10)2-5(12(15)16)3-7(8)11/h2-4H,1H3,(H,13,14). The molecule has 0 fully saturated rings. The Morgan fingerprint density at radius 2 is 1.94 bits per heavy atom. The first-order valence-electron chi connectivity index (χ1n) is 4.36. The molecule has 8 heteroatoms. The van der Waals surface area contributed by atoms with Crippen LogP contribution < -0.4 is 4.74 Å². The lowest BCUT2D eigenvalue weighted by Gasteiger charge is -2.13. The lowest BCUT2D eigenvalue weighted by atomic mass is 10.3. The molecule has 0 aliphatic carbocycles. The van der Waals surface area contributed by atoms with Crippen LogP contribution in [-0.2, 0) is 4.79 Å². The highest BCUT2D eigenvalue weighted by Crippen LogP contribution is 2.37. The quantitative estimate of drug-likeness (QED) is 0.651. The number of halogens is 2. The zero-order valence-corrected chi connectivity index (χ0v) is 11.7. The molecule has 0 aliphatic heterocycles. The average Bonchev–Trinajstić information content (AvgIpc) is 2.22. The maximum absolute atomic E-state index is 10.6. The number of rotatable bonds is 4. The molecule has 1 atom stereocenters. The number of nitro groups is 1. The molecule has 1 aromatic rings. The van der Waals surface area contributed by atoms with E-state index in [9.17, 15) is 14.9 Å². The number of hydrogen-bond donors (Lipinski definition) is 1. The van der Waals surface area contributed by atoms with Gasteiger partial charge in [0.25, 0.3) is 5.69 Å². The number of nitro benzene ring substituents is 1. The number of carboxylic acid groups (broad SMARTS) is 1. The number of ether oxygens (including phenoxy) is 1. The highest BCUT2D eigenvalue weighted by atomic mass is 79.9. The highest BCUT2D eigenvalue weighted by molar-refractivity contribution is 9.11. The van der Waals surface area contributed by atoms with Crippen molar-refractivity contribution in [2.75, 3.05) is 0 Å². The van der Waals surface area contributed by atoms with Crippen LogP contribution >= 0.6 is 31.9 Å². The van der Waals surface area contributed by atoms with E-state index in [1.807, 2.05) is 0 Å². The maximum atomic E-state index is 10.6. The molecule has 17 heavy (non-hydrogen) atoms. The molecule has 0 bridgehead atoms. The summed E-state index contributed by atoms with van der Waals surface area (Å²) in [6.45, 7) is 1.36. The molecule has 0 radical (unpaired) electrons. The van der Waals surface area contributed by atoms with Gasteiger partial charge in [0.15, 0.2) is 6.10 Å². The van der Waals surface area contributed by atoms with Gasteiger partial charge >= 0.3 is 5.97 Å². The minimum atomic E-state index is -1.12. The van der Waals surface area contributed by atoms with Gasteiger partial charge in [-0.1, -0.05) is 0 Å². The number of carboxylic acids is 1. The summed E-state index contributed by atoms with van der Waals surface area (Å²) in [6.07, 6.45) is -1.05. The molecule has 6 nitrogen and oxygen atoms in total. The van der Waals surface area contributed by atoms with E-state index < -0.39 is 17.0 Å². The van der Waals surface area contributed by atoms with E-state index in [1.165, 1.54) is 19.1 Å². The highest BCUT2D eigenvalue weighted by Gasteiger charge is 2.19. The molecular formula is C9H7Br2NO5. The minimum Gasteiger partial charge on any atom is -0.479 e. The molecule has 0 amide bonds. The van der Waals surface area contributed by atoms with E-state index in [4.69, 9.17) is 9.84 Å². The lowest BCUT2D eigenvalue weighted by Crippen LogP contribution is -2.23. The van der Waals surface area contributed by atoms with E-state index in [2.05, 4.69) is 31.9 Å². The molecule has 0 heterocycles. The van der Waals surface area contributed by atoms with Crippen molar-refractivity contribution in [2.45, 2.75) is 13.0 Å². The maximum Gasteiger partial charge on any atom is 0.344 e. The summed E-state index contributed by atoms with van der Waals surface area (Å²) in [4.78, 5) is 20.7. The fraction of sp³-hybridized carbons (Fsp3) is 0.222. The Bertz CT molecular complexity index is 453. The van der Waals surface area contributed by atoms with Crippen molar-refractivity contribution in [3.05, 3.63) is 31.2 Å². The van der Waals surface area contributed by atoms with Crippen LogP contribution in [0.1, 0.15) is 6.92 Å². The van der Waals surface area contributed by atoms with Crippen LogP contribution in [0.15, 0.2) is 21.1 Å². The number of nitrogens with zero attached hydrogens (tertiary/aromatic N) is 1. The monoisotopic (exact) mass is 367 g/mol. The largest absolute Gasteiger partial charge is 0.479 e. The topological polar surface area (TPSA) is 89.7 Å². The van der Waals surface area contributed by atoms with Gasteiger partial charge in [-0.15, -0.1) is 0 Å². The number of carbonyl (C=O) groups is 1. The van der Waals surface area contributed by atoms with Gasteiger partial charge in [-0.05, 0) is 38.8 Å². The third-order valence-corrected chi connectivity index (χ3v) is 3.01. The van der Waals surface area contributed by atoms with Crippen LogP contribution in [0.2, 0.25) is 0 Å². The van der Waals surface area contributed by atoms with Gasteiger partial charge in [0.2, 0.25) is 0 Å². The summed E-state index contributed by atoms with van der Waals surface area (Å²) in [6, 6.07) is 2.49. The Morgan fingerprint density at radius 1 is 1.47 bits per heavy atom. The third kappa shape index (κ3) is 3.40. The van der Waals surface area contributed by atoms with Crippen LogP contribution in [0.5, 0.6) is 5.75 Å². The predicted molar refractivity (Wildman–Crippen MR) is 66.2 cm³/mol. The summed E-state index contributed by atoms with van der Waals surface area (Å²) in [5, 5.41) is 19.3. The van der Waals surface area contributed by atoms with Gasteiger partial charge in [0, 0.05) is 12.1 Å². The number of non-ortho nitro benzene ring substituents is 1. The Kier molecular flexibility index (Phi) is 4.47. The summed E-state index contributed by atoms with van der Waals surface area (Å²) >= 11 is 6.18. The van der Waals surface area contributed by atoms with Gasteiger partial charge in [-0.25, -0.2) is 4.79 Å². The smallest absolute Gasteiger partial charge is 0.344 e. The minimum absolute atomic E-state index is 0.126. The molecule has 92 valence electrons. The van der Waals surface area contributed by atoms with Gasteiger partial charge in [0.05, 0.1) is 13.9 Å². The molecule has 0 aromatic heterocycles. The van der Waals surface area contributed by atoms with Gasteiger partial charge < -0.3 is 9.84 Å². The Labute approximate surface area is 113 Å². The first kappa shape index (κ1) is 13.9. The van der Waals surface area contributed by atoms with Crippen LogP contribution in [0, 0.1) is 10.1 Å². The van der Waals surface area contributed by atoms with Crippen molar-refractivity contribution >= 4 is 43.5 Å². The van der Waals surface area contributed by atoms with Crippen LogP contribution in [0.25, 0.3) is 0 Å². The van der Waals surface area contributed by atoms with Crippen LogP contribution in [-0.4, -0.2) is 22.1 Å². The van der Waals surface area contributed by atoms with Gasteiger partial charge in [-0.3, -0.25) is 10.1 Å². The normalized spacial score (nSPS) is 11.9. The molecule has 1 unspecified atom stereocenters. The number of aliphatic carboxylic acids is 1. The second-order valence-electron chi connectivity index (χ2n) is 3.09. The van der Waals surface area contributed by atoms with Crippen LogP contribution in [0.3, 0.4) is 0 Å². The Hall–Kier alpha value is -1.15. The van der Waals surface area contributed by atoms with Crippen molar-refractivity contribution in [2.24, 2.45) is 0 Å². The van der Waals surface area contributed by atoms with Crippen LogP contribution in [0.4, 0.5) is 5.69 Å². The van der Waals surface area contributed by atoms with Crippen molar-refractivity contribution in [1.29, 1.82) is 0 Å². The van der Waals surface area contributed by atoms with E-state index >= 15 is 0 Å². The fourth-order valence-corrected chi connectivity index (χ4v) is 2.34. The molecule has 0 saturated heterocycles. The first-order valence-corrected chi connectivity index (χ1v) is 5.94. The predicted octanol–water partition coefficient (Wildman–Crippen LogP) is 2.97. The zero-order valence-electron chi connectivity index (χ0n) is 8.52. The fourth-order valence-electron chi connectivity index (χ4n) is 0.992. The van der Waals surface area contributed by atoms with Gasteiger partial charge in [-0.2, -0.15) is 0 Å². The second kappa shape index (κ2) is 5.46. The summed E-state index contributed by atoms with van der Waals surface area (Å²) < 4.78 is 5.78. The molecule has 0 saturated carbocycles. The number of benzene rings is 1. The molecular weight excluding hydrogens is 362 g/mol. The van der Waals surface area contributed by atoms with E-state index in [1.54, 1.807) is 0 Å².